The fourth-order valence-corrected chi connectivity index (χ4v) is 1.34. The molecule has 0 N–H and O–H groups in total. The molecule has 2 aromatic rings. The maximum Gasteiger partial charge on any atom is 0.408 e. The monoisotopic (exact) mass is 243 g/mol. The van der Waals surface area contributed by atoms with E-state index in [1.165, 1.54) is 15.7 Å². The van der Waals surface area contributed by atoms with Gasteiger partial charge in [-0.1, -0.05) is 11.6 Å². The third-order valence-corrected chi connectivity index (χ3v) is 1.99. The summed E-state index contributed by atoms with van der Waals surface area (Å²) in [5, 5.41) is 25.4. The minimum absolute atomic E-state index is 0.0195. The minimum Gasteiger partial charge on any atom is -0.358 e. The Kier molecular flexibility index (Phi) is 2.52. The van der Waals surface area contributed by atoms with E-state index in [1.807, 2.05) is 0 Å². The molecule has 2 aromatic heterocycles. The van der Waals surface area contributed by atoms with Gasteiger partial charge in [-0.15, -0.1) is 10.2 Å². The summed E-state index contributed by atoms with van der Waals surface area (Å²) in [7, 11) is 1.62. The van der Waals surface area contributed by atoms with E-state index in [-0.39, 0.29) is 17.4 Å². The van der Waals surface area contributed by atoms with Crippen molar-refractivity contribution in [2.24, 2.45) is 7.05 Å². The normalized spacial score (nSPS) is 10.6. The van der Waals surface area contributed by atoms with Crippen molar-refractivity contribution in [2.75, 3.05) is 0 Å². The summed E-state index contributed by atoms with van der Waals surface area (Å²) in [6, 6.07) is 0. The molecule has 0 spiro atoms. The first-order valence-electron chi connectivity index (χ1n) is 4.16. The van der Waals surface area contributed by atoms with Crippen molar-refractivity contribution in [3.63, 3.8) is 0 Å². The molecule has 0 saturated heterocycles. The number of halogens is 1. The minimum atomic E-state index is -0.650. The molecular formula is C6H6ClN7O2. The Labute approximate surface area is 93.8 Å². The van der Waals surface area contributed by atoms with Crippen LogP contribution in [0.3, 0.4) is 0 Å². The van der Waals surface area contributed by atoms with Crippen molar-refractivity contribution >= 4 is 17.4 Å². The van der Waals surface area contributed by atoms with Gasteiger partial charge in [0.05, 0.1) is 18.3 Å². The molecule has 10 heteroatoms. The van der Waals surface area contributed by atoms with Crippen molar-refractivity contribution in [3.8, 4) is 0 Å². The van der Waals surface area contributed by atoms with Crippen molar-refractivity contribution in [1.82, 2.24) is 30.0 Å². The Hall–Kier alpha value is -2.03. The van der Waals surface area contributed by atoms with Crippen molar-refractivity contribution in [1.29, 1.82) is 0 Å². The number of rotatable bonds is 3. The van der Waals surface area contributed by atoms with E-state index in [0.29, 0.717) is 5.82 Å². The van der Waals surface area contributed by atoms with Gasteiger partial charge in [-0.3, -0.25) is 0 Å². The van der Waals surface area contributed by atoms with Crippen molar-refractivity contribution in [2.45, 2.75) is 6.54 Å². The lowest BCUT2D eigenvalue weighted by Crippen LogP contribution is -2.03. The lowest BCUT2D eigenvalue weighted by Gasteiger charge is -1.88. The highest BCUT2D eigenvalue weighted by atomic mass is 35.5. The van der Waals surface area contributed by atoms with Crippen LogP contribution < -0.4 is 0 Å². The van der Waals surface area contributed by atoms with Crippen LogP contribution >= 0.6 is 11.6 Å². The maximum atomic E-state index is 10.5. The molecule has 0 fully saturated rings. The van der Waals surface area contributed by atoms with E-state index in [4.69, 9.17) is 11.6 Å². The summed E-state index contributed by atoms with van der Waals surface area (Å²) < 4.78 is 1.29. The lowest BCUT2D eigenvalue weighted by molar-refractivity contribution is -0.389. The van der Waals surface area contributed by atoms with E-state index in [2.05, 4.69) is 20.5 Å². The standard InChI is InChI=1S/C6H6ClN7O2/c1-12-9-5(8-11-12)3-13-2-4(7)6(10-13)14(15)16/h2H,3H2,1H3. The van der Waals surface area contributed by atoms with Gasteiger partial charge in [0, 0.05) is 0 Å². The highest BCUT2D eigenvalue weighted by molar-refractivity contribution is 6.32. The van der Waals surface area contributed by atoms with E-state index in [0.717, 1.165) is 0 Å². The maximum absolute atomic E-state index is 10.5. The Bertz CT molecular complexity index is 533. The van der Waals surface area contributed by atoms with Crippen LogP contribution in [0.2, 0.25) is 5.02 Å². The largest absolute Gasteiger partial charge is 0.408 e. The number of hydrogen-bond acceptors (Lipinski definition) is 6. The molecule has 2 rings (SSSR count). The van der Waals surface area contributed by atoms with Gasteiger partial charge in [0.15, 0.2) is 10.8 Å². The van der Waals surface area contributed by atoms with E-state index >= 15 is 0 Å². The number of nitro groups is 1. The number of tetrazole rings is 1. The molecule has 0 aliphatic rings. The van der Waals surface area contributed by atoms with Crippen molar-refractivity contribution in [3.05, 3.63) is 27.2 Å². The highest BCUT2D eigenvalue weighted by Gasteiger charge is 2.19. The summed E-state index contributed by atoms with van der Waals surface area (Å²) >= 11 is 5.62. The van der Waals surface area contributed by atoms with Gasteiger partial charge in [0.2, 0.25) is 0 Å². The highest BCUT2D eigenvalue weighted by Crippen LogP contribution is 2.21. The SMILES string of the molecule is Cn1nnc(Cn2cc(Cl)c([N+](=O)[O-])n2)n1. The molecule has 0 aliphatic heterocycles. The fraction of sp³-hybridized carbons (Fsp3) is 0.333. The molecule has 2 heterocycles. The first kappa shape index (κ1) is 10.5. The molecule has 0 amide bonds. The molecule has 0 saturated carbocycles. The summed E-state index contributed by atoms with van der Waals surface area (Å²) in [6.07, 6.45) is 1.34. The molecule has 0 aromatic carbocycles. The van der Waals surface area contributed by atoms with E-state index in [1.54, 1.807) is 7.05 Å². The lowest BCUT2D eigenvalue weighted by atomic mass is 10.6. The second kappa shape index (κ2) is 3.85. The zero-order chi connectivity index (χ0) is 11.7. The van der Waals surface area contributed by atoms with Gasteiger partial charge in [0.1, 0.15) is 6.54 Å². The smallest absolute Gasteiger partial charge is 0.358 e. The Morgan fingerprint density at radius 3 is 2.81 bits per heavy atom. The summed E-state index contributed by atoms with van der Waals surface area (Å²) in [5.41, 5.74) is 0. The predicted molar refractivity (Wildman–Crippen MR) is 51.8 cm³/mol. The Morgan fingerprint density at radius 2 is 2.31 bits per heavy atom. The average molecular weight is 244 g/mol. The molecule has 9 nitrogen and oxygen atoms in total. The van der Waals surface area contributed by atoms with E-state index < -0.39 is 4.92 Å². The van der Waals surface area contributed by atoms with Crippen LogP contribution in [0.25, 0.3) is 0 Å². The molecule has 0 unspecified atom stereocenters. The Balaban J connectivity index is 2.22. The van der Waals surface area contributed by atoms with Crippen molar-refractivity contribution < 1.29 is 4.92 Å². The molecule has 84 valence electrons. The second-order valence-corrected chi connectivity index (χ2v) is 3.36. The zero-order valence-corrected chi connectivity index (χ0v) is 8.87. The van der Waals surface area contributed by atoms with Gasteiger partial charge >= 0.3 is 5.82 Å². The van der Waals surface area contributed by atoms with E-state index in [9.17, 15) is 10.1 Å². The zero-order valence-electron chi connectivity index (χ0n) is 8.11. The number of nitrogens with zero attached hydrogens (tertiary/aromatic N) is 7. The molecule has 0 bridgehead atoms. The van der Waals surface area contributed by atoms with Gasteiger partial charge < -0.3 is 10.1 Å². The Morgan fingerprint density at radius 1 is 1.56 bits per heavy atom. The topological polar surface area (TPSA) is 105 Å². The van der Waals surface area contributed by atoms with Crippen LogP contribution in [-0.4, -0.2) is 34.9 Å². The third kappa shape index (κ3) is 1.98. The summed E-state index contributed by atoms with van der Waals surface area (Å²) in [4.78, 5) is 11.1. The molecule has 0 atom stereocenters. The first-order valence-corrected chi connectivity index (χ1v) is 4.54. The molecule has 0 aliphatic carbocycles. The van der Waals surface area contributed by atoms with Crippen LogP contribution in [0.4, 0.5) is 5.82 Å². The van der Waals surface area contributed by atoms with Crippen LogP contribution in [-0.2, 0) is 13.6 Å². The summed E-state index contributed by atoms with van der Waals surface area (Å²) in [5.74, 6) is 0.0159. The fourth-order valence-electron chi connectivity index (χ4n) is 1.12. The third-order valence-electron chi connectivity index (χ3n) is 1.73. The van der Waals surface area contributed by atoms with Crippen LogP contribution in [0, 0.1) is 10.1 Å². The average Bonchev–Trinajstić information content (AvgIpc) is 2.73. The van der Waals surface area contributed by atoms with Crippen LogP contribution in [0.5, 0.6) is 0 Å². The van der Waals surface area contributed by atoms with Gasteiger partial charge in [0.25, 0.3) is 0 Å². The van der Waals surface area contributed by atoms with Crippen LogP contribution in [0.1, 0.15) is 5.82 Å². The second-order valence-electron chi connectivity index (χ2n) is 2.95. The number of aryl methyl sites for hydroxylation is 1. The van der Waals surface area contributed by atoms with Crippen LogP contribution in [0.15, 0.2) is 6.20 Å². The first-order chi connectivity index (χ1) is 7.56. The molecule has 0 radical (unpaired) electrons. The van der Waals surface area contributed by atoms with Gasteiger partial charge in [-0.05, 0) is 10.1 Å². The van der Waals surface area contributed by atoms with Gasteiger partial charge in [-0.25, -0.2) is 0 Å². The predicted octanol–water partition coefficient (Wildman–Crippen LogP) is 0.0165. The quantitative estimate of drug-likeness (QED) is 0.556. The summed E-state index contributed by atoms with van der Waals surface area (Å²) in [6.45, 7) is 0.182. The number of aromatic nitrogens is 6. The van der Waals surface area contributed by atoms with Gasteiger partial charge in [-0.2, -0.15) is 9.48 Å². The number of hydrogen-bond donors (Lipinski definition) is 0. The molecular weight excluding hydrogens is 238 g/mol. The molecule has 16 heavy (non-hydrogen) atoms.